The number of halogens is 1. The second kappa shape index (κ2) is 7.27. The van der Waals surface area contributed by atoms with Crippen LogP contribution >= 0.6 is 0 Å². The second-order valence-corrected chi connectivity index (χ2v) is 3.32. The monoisotopic (exact) mass is 191 g/mol. The van der Waals surface area contributed by atoms with Crippen molar-refractivity contribution in [2.24, 2.45) is 0 Å². The highest BCUT2D eigenvalue weighted by molar-refractivity contribution is 4.80. The van der Waals surface area contributed by atoms with Gasteiger partial charge in [0.05, 0.1) is 12.7 Å². The molecule has 2 unspecified atom stereocenters. The van der Waals surface area contributed by atoms with E-state index in [-0.39, 0.29) is 12.1 Å². The zero-order valence-corrected chi connectivity index (χ0v) is 9.14. The normalized spacial score (nSPS) is 27.2. The topological polar surface area (TPSA) is 21.3 Å². The molecule has 1 heterocycles. The molecule has 1 saturated heterocycles. The summed E-state index contributed by atoms with van der Waals surface area (Å²) in [5.74, 6) is 0. The summed E-state index contributed by atoms with van der Waals surface area (Å²) >= 11 is 0. The Balaban J connectivity index is 0.000000671. The highest BCUT2D eigenvalue weighted by Gasteiger charge is 2.23. The van der Waals surface area contributed by atoms with Gasteiger partial charge in [0.2, 0.25) is 0 Å². The Morgan fingerprint density at radius 1 is 1.46 bits per heavy atom. The van der Waals surface area contributed by atoms with E-state index in [9.17, 15) is 4.39 Å². The summed E-state index contributed by atoms with van der Waals surface area (Å²) in [7, 11) is 0. The molecule has 0 aromatic rings. The lowest BCUT2D eigenvalue weighted by Gasteiger charge is -2.12. The summed E-state index contributed by atoms with van der Waals surface area (Å²) in [5, 5.41) is 3.06. The van der Waals surface area contributed by atoms with Crippen molar-refractivity contribution in [3.63, 3.8) is 0 Å². The predicted molar refractivity (Wildman–Crippen MR) is 53.7 cm³/mol. The van der Waals surface area contributed by atoms with Gasteiger partial charge in [-0.3, -0.25) is 0 Å². The first kappa shape index (κ1) is 12.8. The third kappa shape index (κ3) is 5.99. The van der Waals surface area contributed by atoms with E-state index in [0.717, 1.165) is 0 Å². The van der Waals surface area contributed by atoms with Crippen LogP contribution in [0.2, 0.25) is 0 Å². The first-order valence-electron chi connectivity index (χ1n) is 5.17. The summed E-state index contributed by atoms with van der Waals surface area (Å²) in [5.41, 5.74) is 0. The molecule has 0 bridgehead atoms. The first-order chi connectivity index (χ1) is 6.18. The molecule has 3 heteroatoms. The molecule has 0 saturated carbocycles. The molecule has 1 aliphatic heterocycles. The fourth-order valence-corrected chi connectivity index (χ4v) is 1.21. The lowest BCUT2D eigenvalue weighted by atomic mass is 10.2. The van der Waals surface area contributed by atoms with Gasteiger partial charge < -0.3 is 10.1 Å². The molecule has 0 amide bonds. The number of nitrogens with one attached hydrogen (secondary N) is 1. The average Bonchev–Trinajstić information content (AvgIpc) is 2.52. The summed E-state index contributed by atoms with van der Waals surface area (Å²) in [4.78, 5) is 0. The Bertz CT molecular complexity index is 119. The van der Waals surface area contributed by atoms with Crippen LogP contribution < -0.4 is 5.32 Å². The number of rotatable bonds is 3. The van der Waals surface area contributed by atoms with E-state index in [1.54, 1.807) is 0 Å². The fourth-order valence-electron chi connectivity index (χ4n) is 1.21. The van der Waals surface area contributed by atoms with Crippen LogP contribution in [0.3, 0.4) is 0 Å². The standard InChI is InChI=1S/C8H16FNO.C2H6/c1-6(2)11-5-8-3-7(9)4-10-8;1-2/h6-8,10H,3-5H2,1-2H3;1-2H3. The SMILES string of the molecule is CC.CC(C)OCC1CC(F)CN1. The van der Waals surface area contributed by atoms with Gasteiger partial charge in [-0.1, -0.05) is 13.8 Å². The molecule has 0 radical (unpaired) electrons. The van der Waals surface area contributed by atoms with E-state index in [4.69, 9.17) is 4.74 Å². The van der Waals surface area contributed by atoms with Gasteiger partial charge in [-0.25, -0.2) is 4.39 Å². The first-order valence-corrected chi connectivity index (χ1v) is 5.17. The summed E-state index contributed by atoms with van der Waals surface area (Å²) in [6.45, 7) is 9.11. The highest BCUT2D eigenvalue weighted by Crippen LogP contribution is 2.10. The van der Waals surface area contributed by atoms with Crippen molar-refractivity contribution >= 4 is 0 Å². The quantitative estimate of drug-likeness (QED) is 0.738. The van der Waals surface area contributed by atoms with E-state index in [0.29, 0.717) is 19.6 Å². The Hall–Kier alpha value is -0.150. The third-order valence-electron chi connectivity index (χ3n) is 1.80. The van der Waals surface area contributed by atoms with Gasteiger partial charge in [-0.15, -0.1) is 0 Å². The van der Waals surface area contributed by atoms with Gasteiger partial charge in [0.25, 0.3) is 0 Å². The minimum Gasteiger partial charge on any atom is -0.377 e. The van der Waals surface area contributed by atoms with Gasteiger partial charge in [0.1, 0.15) is 6.17 Å². The molecular weight excluding hydrogens is 169 g/mol. The average molecular weight is 191 g/mol. The lowest BCUT2D eigenvalue weighted by molar-refractivity contribution is 0.0639. The molecule has 1 aliphatic rings. The highest BCUT2D eigenvalue weighted by atomic mass is 19.1. The fraction of sp³-hybridized carbons (Fsp3) is 1.00. The molecule has 2 nitrogen and oxygen atoms in total. The zero-order chi connectivity index (χ0) is 10.3. The minimum absolute atomic E-state index is 0.229. The Labute approximate surface area is 80.9 Å². The van der Waals surface area contributed by atoms with Crippen molar-refractivity contribution in [3.05, 3.63) is 0 Å². The maximum absolute atomic E-state index is 12.6. The third-order valence-corrected chi connectivity index (χ3v) is 1.80. The van der Waals surface area contributed by atoms with Crippen LogP contribution in [0.5, 0.6) is 0 Å². The summed E-state index contributed by atoms with van der Waals surface area (Å²) < 4.78 is 17.9. The molecule has 0 aromatic carbocycles. The van der Waals surface area contributed by atoms with E-state index in [1.165, 1.54) is 0 Å². The van der Waals surface area contributed by atoms with E-state index >= 15 is 0 Å². The second-order valence-electron chi connectivity index (χ2n) is 3.32. The largest absolute Gasteiger partial charge is 0.377 e. The van der Waals surface area contributed by atoms with Gasteiger partial charge in [0, 0.05) is 12.6 Å². The molecule has 0 aliphatic carbocycles. The van der Waals surface area contributed by atoms with Crippen LogP contribution in [0.4, 0.5) is 4.39 Å². The molecule has 1 N–H and O–H groups in total. The maximum atomic E-state index is 12.6. The lowest BCUT2D eigenvalue weighted by Crippen LogP contribution is -2.28. The molecule has 1 fully saturated rings. The van der Waals surface area contributed by atoms with Gasteiger partial charge >= 0.3 is 0 Å². The van der Waals surface area contributed by atoms with Gasteiger partial charge in [-0.2, -0.15) is 0 Å². The Morgan fingerprint density at radius 2 is 2.08 bits per heavy atom. The maximum Gasteiger partial charge on any atom is 0.114 e. The van der Waals surface area contributed by atoms with E-state index in [1.807, 2.05) is 27.7 Å². The van der Waals surface area contributed by atoms with Gasteiger partial charge in [-0.05, 0) is 20.3 Å². The summed E-state index contributed by atoms with van der Waals surface area (Å²) in [6, 6.07) is 0.229. The molecule has 1 rings (SSSR count). The number of ether oxygens (including phenoxy) is 1. The van der Waals surface area contributed by atoms with Crippen molar-refractivity contribution < 1.29 is 9.13 Å². The van der Waals surface area contributed by atoms with Crippen LogP contribution in [-0.2, 0) is 4.74 Å². The van der Waals surface area contributed by atoms with E-state index < -0.39 is 6.17 Å². The number of hydrogen-bond acceptors (Lipinski definition) is 2. The minimum atomic E-state index is -0.671. The van der Waals surface area contributed by atoms with Crippen LogP contribution in [0.15, 0.2) is 0 Å². The summed E-state index contributed by atoms with van der Waals surface area (Å²) in [6.07, 6.45) is 0.179. The van der Waals surface area contributed by atoms with Gasteiger partial charge in [0.15, 0.2) is 0 Å². The van der Waals surface area contributed by atoms with Crippen LogP contribution in [0, 0.1) is 0 Å². The Morgan fingerprint density at radius 3 is 2.46 bits per heavy atom. The van der Waals surface area contributed by atoms with Crippen molar-refractivity contribution in [3.8, 4) is 0 Å². The molecule has 0 aromatic heterocycles. The molecule has 0 spiro atoms. The smallest absolute Gasteiger partial charge is 0.114 e. The molecule has 2 atom stereocenters. The van der Waals surface area contributed by atoms with Crippen molar-refractivity contribution in [1.29, 1.82) is 0 Å². The van der Waals surface area contributed by atoms with Crippen molar-refractivity contribution in [2.75, 3.05) is 13.2 Å². The molecule has 13 heavy (non-hydrogen) atoms. The van der Waals surface area contributed by atoms with Crippen molar-refractivity contribution in [1.82, 2.24) is 5.32 Å². The van der Waals surface area contributed by atoms with Crippen LogP contribution in [0.1, 0.15) is 34.1 Å². The van der Waals surface area contributed by atoms with E-state index in [2.05, 4.69) is 5.32 Å². The van der Waals surface area contributed by atoms with Crippen molar-refractivity contribution in [2.45, 2.75) is 52.4 Å². The molecular formula is C10H22FNO. The predicted octanol–water partition coefficient (Wildman–Crippen LogP) is 2.14. The van der Waals surface area contributed by atoms with Crippen LogP contribution in [-0.4, -0.2) is 31.5 Å². The zero-order valence-electron chi connectivity index (χ0n) is 9.14. The molecule has 80 valence electrons. The number of hydrogen-bond donors (Lipinski definition) is 1. The number of alkyl halides is 1. The van der Waals surface area contributed by atoms with Crippen LogP contribution in [0.25, 0.3) is 0 Å². The Kier molecular flexibility index (Phi) is 7.19.